The molecule has 0 radical (unpaired) electrons. The highest BCUT2D eigenvalue weighted by Crippen LogP contribution is 2.02. The number of hydrogen-bond donors (Lipinski definition) is 0. The van der Waals surface area contributed by atoms with Crippen molar-refractivity contribution in [2.75, 3.05) is 0 Å². The molecule has 0 aliphatic rings. The molecule has 1 aromatic rings. The average Bonchev–Trinajstić information content (AvgIpc) is 2.14. The first-order valence-corrected chi connectivity index (χ1v) is 1.79. The maximum Gasteiger partial charge on any atom is 0.320 e. The smallest absolute Gasteiger partial charge is 0.320 e. The molecule has 0 fully saturated rings. The molecule has 0 aliphatic carbocycles. The van der Waals surface area contributed by atoms with E-state index in [1.165, 1.54) is 12.5 Å². The van der Waals surface area contributed by atoms with Crippen molar-refractivity contribution in [2.45, 2.75) is 0 Å². The van der Waals surface area contributed by atoms with Crippen molar-refractivity contribution in [3.8, 4) is 0 Å². The van der Waals surface area contributed by atoms with Crippen LogP contribution in [0.1, 0.15) is 0 Å². The van der Waals surface area contributed by atoms with Crippen LogP contribution in [0, 0.1) is 0 Å². The zero-order valence-electron chi connectivity index (χ0n) is 3.66. The van der Waals surface area contributed by atoms with Gasteiger partial charge in [-0.25, -0.2) is 9.98 Å². The summed E-state index contributed by atoms with van der Waals surface area (Å²) >= 11 is 0. The van der Waals surface area contributed by atoms with Crippen LogP contribution in [0.3, 0.4) is 0 Å². The van der Waals surface area contributed by atoms with Crippen molar-refractivity contribution in [1.29, 1.82) is 0 Å². The molecule has 1 rings (SSSR count). The molecule has 7 heavy (non-hydrogen) atoms. The van der Waals surface area contributed by atoms with Crippen molar-refractivity contribution in [3.63, 3.8) is 0 Å². The summed E-state index contributed by atoms with van der Waals surface area (Å²) in [6.07, 6.45) is 2.97. The Morgan fingerprint density at radius 3 is 3.00 bits per heavy atom. The number of hydrogen-bond acceptors (Lipinski definition) is 3. The minimum atomic E-state index is 0.319. The molecule has 1 heterocycles. The van der Waals surface area contributed by atoms with E-state index in [9.17, 15) is 0 Å². The lowest BCUT2D eigenvalue weighted by Crippen LogP contribution is -1.52. The van der Waals surface area contributed by atoms with Gasteiger partial charge in [0, 0.05) is 0 Å². The maximum absolute atomic E-state index is 4.64. The number of oxazole rings is 1. The van der Waals surface area contributed by atoms with Crippen molar-refractivity contribution in [1.82, 2.24) is 4.98 Å². The van der Waals surface area contributed by atoms with Gasteiger partial charge < -0.3 is 4.42 Å². The quantitative estimate of drug-likeness (QED) is 0.489. The van der Waals surface area contributed by atoms with Crippen LogP contribution in [0.15, 0.2) is 21.9 Å². The Morgan fingerprint density at radius 1 is 1.86 bits per heavy atom. The summed E-state index contributed by atoms with van der Waals surface area (Å²) in [6, 6.07) is 0.319. The Kier molecular flexibility index (Phi) is 0.898. The molecule has 3 heteroatoms. The fourth-order valence-corrected chi connectivity index (χ4v) is 0.294. The van der Waals surface area contributed by atoms with Crippen molar-refractivity contribution in [3.05, 3.63) is 12.5 Å². The Morgan fingerprint density at radius 2 is 2.71 bits per heavy atom. The highest BCUT2D eigenvalue weighted by Gasteiger charge is 1.83. The summed E-state index contributed by atoms with van der Waals surface area (Å²) in [6.45, 7) is 3.20. The second-order valence-corrected chi connectivity index (χ2v) is 0.973. The summed E-state index contributed by atoms with van der Waals surface area (Å²) in [5.74, 6) is 0. The number of nitrogens with zero attached hydrogens (tertiary/aromatic N) is 2. The summed E-state index contributed by atoms with van der Waals surface area (Å²) in [4.78, 5) is 7.04. The van der Waals surface area contributed by atoms with Crippen LogP contribution in [0.2, 0.25) is 0 Å². The van der Waals surface area contributed by atoms with E-state index in [-0.39, 0.29) is 0 Å². The van der Waals surface area contributed by atoms with E-state index in [1.807, 2.05) is 0 Å². The van der Waals surface area contributed by atoms with E-state index in [1.54, 1.807) is 0 Å². The minimum absolute atomic E-state index is 0.319. The molecule has 1 aromatic heterocycles. The van der Waals surface area contributed by atoms with Crippen molar-refractivity contribution >= 4 is 12.7 Å². The third-order valence-corrected chi connectivity index (χ3v) is 0.555. The largest absolute Gasteiger partial charge is 0.431 e. The van der Waals surface area contributed by atoms with Gasteiger partial charge in [-0.15, -0.1) is 0 Å². The molecule has 0 saturated carbocycles. The van der Waals surface area contributed by atoms with Gasteiger partial charge in [0.25, 0.3) is 0 Å². The topological polar surface area (TPSA) is 38.4 Å². The maximum atomic E-state index is 4.64. The second-order valence-electron chi connectivity index (χ2n) is 0.973. The minimum Gasteiger partial charge on any atom is -0.431 e. The van der Waals surface area contributed by atoms with E-state index in [2.05, 4.69) is 21.1 Å². The van der Waals surface area contributed by atoms with E-state index < -0.39 is 0 Å². The van der Waals surface area contributed by atoms with Gasteiger partial charge in [-0.3, -0.25) is 0 Å². The molecule has 0 bridgehead atoms. The lowest BCUT2D eigenvalue weighted by molar-refractivity contribution is 0.570. The van der Waals surface area contributed by atoms with Crippen molar-refractivity contribution < 1.29 is 4.42 Å². The Hall–Kier alpha value is -1.12. The highest BCUT2D eigenvalue weighted by molar-refractivity contribution is 5.31. The van der Waals surface area contributed by atoms with Crippen LogP contribution in [0.4, 0.5) is 6.01 Å². The van der Waals surface area contributed by atoms with E-state index in [0.717, 1.165) is 0 Å². The molecule has 0 atom stereocenters. The Bertz CT molecular complexity index is 145. The van der Waals surface area contributed by atoms with Gasteiger partial charge in [-0.05, 0) is 6.72 Å². The zero-order chi connectivity index (χ0) is 5.11. The SMILES string of the molecule is C=Nc1ncco1. The lowest BCUT2D eigenvalue weighted by atomic mass is 11.0. The molecule has 0 N–H and O–H groups in total. The van der Waals surface area contributed by atoms with Crippen LogP contribution in [-0.4, -0.2) is 11.7 Å². The number of aliphatic imine (C=N–C) groups is 1. The first kappa shape index (κ1) is 4.05. The molecule has 0 unspecified atom stereocenters. The standard InChI is InChI=1S/C4H4N2O/c1-5-4-6-2-3-7-4/h2-3H,1H2. The first-order chi connectivity index (χ1) is 3.43. The molecule has 0 aromatic carbocycles. The second kappa shape index (κ2) is 1.55. The van der Waals surface area contributed by atoms with Gasteiger partial charge >= 0.3 is 6.01 Å². The summed E-state index contributed by atoms with van der Waals surface area (Å²) in [7, 11) is 0. The third kappa shape index (κ3) is 0.652. The molecular formula is C4H4N2O. The molecular weight excluding hydrogens is 92.1 g/mol. The predicted octanol–water partition coefficient (Wildman–Crippen LogP) is 1.01. The molecule has 3 nitrogen and oxygen atoms in total. The summed E-state index contributed by atoms with van der Waals surface area (Å²) in [5.41, 5.74) is 0. The average molecular weight is 96.1 g/mol. The molecule has 0 aliphatic heterocycles. The highest BCUT2D eigenvalue weighted by atomic mass is 16.4. The molecule has 36 valence electrons. The fourth-order valence-electron chi connectivity index (χ4n) is 0.294. The van der Waals surface area contributed by atoms with E-state index in [4.69, 9.17) is 0 Å². The molecule has 0 saturated heterocycles. The lowest BCUT2D eigenvalue weighted by Gasteiger charge is -1.70. The first-order valence-electron chi connectivity index (χ1n) is 1.79. The normalized spacial score (nSPS) is 8.57. The summed E-state index contributed by atoms with van der Waals surface area (Å²) in [5, 5.41) is 0. The van der Waals surface area contributed by atoms with Gasteiger partial charge in [-0.2, -0.15) is 0 Å². The predicted molar refractivity (Wildman–Crippen MR) is 25.7 cm³/mol. The Balaban J connectivity index is 2.96. The van der Waals surface area contributed by atoms with Crippen LogP contribution >= 0.6 is 0 Å². The van der Waals surface area contributed by atoms with E-state index >= 15 is 0 Å². The van der Waals surface area contributed by atoms with Crippen molar-refractivity contribution in [2.24, 2.45) is 4.99 Å². The zero-order valence-corrected chi connectivity index (χ0v) is 3.66. The molecule has 0 spiro atoms. The van der Waals surface area contributed by atoms with Crippen LogP contribution in [-0.2, 0) is 0 Å². The monoisotopic (exact) mass is 96.0 g/mol. The number of aromatic nitrogens is 1. The van der Waals surface area contributed by atoms with Gasteiger partial charge in [0.1, 0.15) is 6.26 Å². The van der Waals surface area contributed by atoms with Crippen LogP contribution in [0.25, 0.3) is 0 Å². The Labute approximate surface area is 40.7 Å². The van der Waals surface area contributed by atoms with Gasteiger partial charge in [0.2, 0.25) is 0 Å². The van der Waals surface area contributed by atoms with E-state index in [0.29, 0.717) is 6.01 Å². The van der Waals surface area contributed by atoms with Crippen LogP contribution < -0.4 is 0 Å². The third-order valence-electron chi connectivity index (χ3n) is 0.555. The fraction of sp³-hybridized carbons (Fsp3) is 0. The summed E-state index contributed by atoms with van der Waals surface area (Å²) < 4.78 is 4.64. The van der Waals surface area contributed by atoms with Crippen LogP contribution in [0.5, 0.6) is 0 Å². The van der Waals surface area contributed by atoms with Gasteiger partial charge in [0.05, 0.1) is 6.20 Å². The van der Waals surface area contributed by atoms with Gasteiger partial charge in [-0.1, -0.05) is 0 Å². The van der Waals surface area contributed by atoms with Gasteiger partial charge in [0.15, 0.2) is 0 Å². The molecule has 0 amide bonds. The number of rotatable bonds is 1.